The number of carbonyl (C=O) groups is 1. The molecule has 0 saturated carbocycles. The molecule has 1 aromatic carbocycles. The third-order valence-corrected chi connectivity index (χ3v) is 1.96. The highest BCUT2D eigenvalue weighted by Gasteiger charge is 2.36. The largest absolute Gasteiger partial charge is 0.449 e. The summed E-state index contributed by atoms with van der Waals surface area (Å²) in [5.74, 6) is -1.68. The molecule has 0 aliphatic heterocycles. The minimum absolute atomic E-state index is 0.104. The maximum absolute atomic E-state index is 11.8. The van der Waals surface area contributed by atoms with E-state index in [0.29, 0.717) is 0 Å². The van der Waals surface area contributed by atoms with Crippen LogP contribution in [0.15, 0.2) is 36.4 Å². The Morgan fingerprint density at radius 3 is 2.38 bits per heavy atom. The fourth-order valence-corrected chi connectivity index (χ4v) is 1.14. The van der Waals surface area contributed by atoms with Crippen LogP contribution in [0.3, 0.4) is 0 Å². The van der Waals surface area contributed by atoms with Crippen LogP contribution in [0, 0.1) is 0 Å². The van der Waals surface area contributed by atoms with Crippen molar-refractivity contribution in [2.45, 2.75) is 19.0 Å². The van der Waals surface area contributed by atoms with Gasteiger partial charge in [-0.1, -0.05) is 42.5 Å². The smallest absolute Gasteiger partial charge is 0.290 e. The minimum atomic E-state index is -4.71. The van der Waals surface area contributed by atoms with Gasteiger partial charge >= 0.3 is 6.18 Å². The molecule has 0 amide bonds. The van der Waals surface area contributed by atoms with E-state index in [0.717, 1.165) is 5.56 Å². The van der Waals surface area contributed by atoms with E-state index in [1.54, 1.807) is 12.2 Å². The van der Waals surface area contributed by atoms with E-state index in [1.807, 2.05) is 30.3 Å². The van der Waals surface area contributed by atoms with Crippen LogP contribution in [0.25, 0.3) is 6.08 Å². The summed E-state index contributed by atoms with van der Waals surface area (Å²) >= 11 is 0. The second-order valence-electron chi connectivity index (χ2n) is 3.27. The summed E-state index contributed by atoms with van der Waals surface area (Å²) in [4.78, 5) is 10.5. The molecule has 0 radical (unpaired) electrons. The zero-order chi connectivity index (χ0) is 12.0. The number of halogens is 3. The van der Waals surface area contributed by atoms with Gasteiger partial charge in [-0.05, 0) is 12.0 Å². The van der Waals surface area contributed by atoms with Crippen molar-refractivity contribution in [2.24, 2.45) is 0 Å². The van der Waals surface area contributed by atoms with Crippen molar-refractivity contribution in [1.29, 1.82) is 0 Å². The molecular weight excluding hydrogens is 217 g/mol. The van der Waals surface area contributed by atoms with Crippen molar-refractivity contribution in [3.05, 3.63) is 42.0 Å². The number of benzene rings is 1. The summed E-state index contributed by atoms with van der Waals surface area (Å²) in [7, 11) is 0. The van der Waals surface area contributed by atoms with Crippen LogP contribution in [-0.2, 0) is 4.79 Å². The van der Waals surface area contributed by atoms with Gasteiger partial charge in [-0.2, -0.15) is 13.2 Å². The number of allylic oxidation sites excluding steroid dienone is 1. The summed E-state index contributed by atoms with van der Waals surface area (Å²) in [5.41, 5.74) is 0.905. The maximum atomic E-state index is 11.8. The fraction of sp³-hybridized carbons (Fsp3) is 0.250. The predicted molar refractivity (Wildman–Crippen MR) is 55.8 cm³/mol. The third-order valence-electron chi connectivity index (χ3n) is 1.96. The molecule has 0 N–H and O–H groups in total. The molecule has 86 valence electrons. The van der Waals surface area contributed by atoms with Crippen molar-refractivity contribution in [2.75, 3.05) is 0 Å². The Kier molecular flexibility index (Phi) is 4.28. The molecule has 0 unspecified atom stereocenters. The summed E-state index contributed by atoms with van der Waals surface area (Å²) in [5, 5.41) is 0. The number of hydrogen-bond donors (Lipinski definition) is 0. The van der Waals surface area contributed by atoms with E-state index in [-0.39, 0.29) is 6.42 Å². The lowest BCUT2D eigenvalue weighted by Gasteiger charge is -2.02. The lowest BCUT2D eigenvalue weighted by Crippen LogP contribution is -2.21. The van der Waals surface area contributed by atoms with Crippen LogP contribution < -0.4 is 0 Å². The van der Waals surface area contributed by atoms with Gasteiger partial charge in [0.05, 0.1) is 0 Å². The number of rotatable bonds is 4. The molecule has 0 saturated heterocycles. The second kappa shape index (κ2) is 5.49. The summed E-state index contributed by atoms with van der Waals surface area (Å²) in [6.07, 6.45) is -1.83. The van der Waals surface area contributed by atoms with E-state index in [4.69, 9.17) is 0 Å². The number of alkyl halides is 3. The third kappa shape index (κ3) is 4.29. The second-order valence-corrected chi connectivity index (χ2v) is 3.27. The Balaban J connectivity index is 2.37. The number of hydrogen-bond acceptors (Lipinski definition) is 1. The Morgan fingerprint density at radius 1 is 1.19 bits per heavy atom. The van der Waals surface area contributed by atoms with Gasteiger partial charge in [0.25, 0.3) is 0 Å². The van der Waals surface area contributed by atoms with E-state index in [9.17, 15) is 18.0 Å². The zero-order valence-electron chi connectivity index (χ0n) is 8.50. The van der Waals surface area contributed by atoms with Gasteiger partial charge in [-0.3, -0.25) is 4.79 Å². The van der Waals surface area contributed by atoms with Gasteiger partial charge < -0.3 is 0 Å². The zero-order valence-corrected chi connectivity index (χ0v) is 8.50. The van der Waals surface area contributed by atoms with Gasteiger partial charge in [0.15, 0.2) is 0 Å². The van der Waals surface area contributed by atoms with Crippen LogP contribution in [0.4, 0.5) is 13.2 Å². The van der Waals surface area contributed by atoms with Crippen LogP contribution in [-0.4, -0.2) is 12.0 Å². The minimum Gasteiger partial charge on any atom is -0.290 e. The van der Waals surface area contributed by atoms with E-state index in [2.05, 4.69) is 0 Å². The Hall–Kier alpha value is -1.58. The van der Waals surface area contributed by atoms with Crippen LogP contribution >= 0.6 is 0 Å². The van der Waals surface area contributed by atoms with Gasteiger partial charge in [-0.15, -0.1) is 0 Å². The number of ketones is 1. The molecule has 0 fully saturated rings. The number of Topliss-reactive ketones (excluding diaryl/α,β-unsaturated/α-hetero) is 1. The highest BCUT2D eigenvalue weighted by molar-refractivity contribution is 5.84. The molecule has 0 aromatic heterocycles. The summed E-state index contributed by atoms with van der Waals surface area (Å²) in [6.45, 7) is 0. The predicted octanol–water partition coefficient (Wildman–Crippen LogP) is 3.61. The first-order valence-corrected chi connectivity index (χ1v) is 4.82. The van der Waals surface area contributed by atoms with E-state index >= 15 is 0 Å². The first kappa shape index (κ1) is 12.5. The molecule has 0 heterocycles. The highest BCUT2D eigenvalue weighted by Crippen LogP contribution is 2.18. The van der Waals surface area contributed by atoms with Crippen LogP contribution in [0.2, 0.25) is 0 Å². The van der Waals surface area contributed by atoms with Crippen molar-refractivity contribution >= 4 is 11.9 Å². The van der Waals surface area contributed by atoms with Crippen LogP contribution in [0.5, 0.6) is 0 Å². The molecule has 16 heavy (non-hydrogen) atoms. The Labute approximate surface area is 91.6 Å². The van der Waals surface area contributed by atoms with Crippen molar-refractivity contribution in [3.8, 4) is 0 Å². The highest BCUT2D eigenvalue weighted by atomic mass is 19.4. The molecule has 1 nitrogen and oxygen atoms in total. The van der Waals surface area contributed by atoms with Gasteiger partial charge in [0.2, 0.25) is 5.78 Å². The first-order chi connectivity index (χ1) is 7.50. The molecule has 0 atom stereocenters. The monoisotopic (exact) mass is 228 g/mol. The van der Waals surface area contributed by atoms with E-state index in [1.165, 1.54) is 0 Å². The summed E-state index contributed by atoms with van der Waals surface area (Å²) in [6, 6.07) is 9.19. The molecule has 1 rings (SSSR count). The first-order valence-electron chi connectivity index (χ1n) is 4.82. The SMILES string of the molecule is O=C(CCC=Cc1ccccc1)C(F)(F)F. The molecule has 4 heteroatoms. The quantitative estimate of drug-likeness (QED) is 0.769. The lowest BCUT2D eigenvalue weighted by atomic mass is 10.1. The van der Waals surface area contributed by atoms with Gasteiger partial charge in [0, 0.05) is 6.42 Å². The summed E-state index contributed by atoms with van der Waals surface area (Å²) < 4.78 is 35.5. The molecule has 0 spiro atoms. The molecule has 0 aliphatic rings. The molecule has 0 bridgehead atoms. The Morgan fingerprint density at radius 2 is 1.81 bits per heavy atom. The van der Waals surface area contributed by atoms with Gasteiger partial charge in [-0.25, -0.2) is 0 Å². The standard InChI is InChI=1S/C12H11F3O/c13-12(14,15)11(16)9-5-4-8-10-6-2-1-3-7-10/h1-4,6-8H,5,9H2. The molecule has 0 aliphatic carbocycles. The van der Waals surface area contributed by atoms with Crippen molar-refractivity contribution in [3.63, 3.8) is 0 Å². The average molecular weight is 228 g/mol. The Bertz CT molecular complexity index is 366. The molecule has 1 aromatic rings. The van der Waals surface area contributed by atoms with E-state index < -0.39 is 18.4 Å². The number of carbonyl (C=O) groups excluding carboxylic acids is 1. The lowest BCUT2D eigenvalue weighted by molar-refractivity contribution is -0.170. The fourth-order valence-electron chi connectivity index (χ4n) is 1.14. The topological polar surface area (TPSA) is 17.1 Å². The van der Waals surface area contributed by atoms with Crippen LogP contribution in [0.1, 0.15) is 18.4 Å². The average Bonchev–Trinajstić information content (AvgIpc) is 2.24. The maximum Gasteiger partial charge on any atom is 0.449 e. The molecular formula is C12H11F3O. The van der Waals surface area contributed by atoms with Crippen molar-refractivity contribution in [1.82, 2.24) is 0 Å². The van der Waals surface area contributed by atoms with Gasteiger partial charge in [0.1, 0.15) is 0 Å². The normalized spacial score (nSPS) is 11.9. The van der Waals surface area contributed by atoms with Crippen molar-refractivity contribution < 1.29 is 18.0 Å².